The second-order valence-corrected chi connectivity index (χ2v) is 8.90. The number of esters is 1. The smallest absolute Gasteiger partial charge is 0.337 e. The van der Waals surface area contributed by atoms with E-state index in [4.69, 9.17) is 4.74 Å². The number of unbranched alkanes of at least 4 members (excludes halogenated alkanes) is 4. The summed E-state index contributed by atoms with van der Waals surface area (Å²) in [5, 5.41) is 0. The lowest BCUT2D eigenvalue weighted by atomic mass is 9.95. The molecule has 0 N–H and O–H groups in total. The molecule has 1 rings (SSSR count). The van der Waals surface area contributed by atoms with Crippen LogP contribution in [0.5, 0.6) is 0 Å². The Labute approximate surface area is 195 Å². The van der Waals surface area contributed by atoms with Crippen LogP contribution in [0.2, 0.25) is 0 Å². The molecule has 180 valence electrons. The highest BCUT2D eigenvalue weighted by Crippen LogP contribution is 2.27. The van der Waals surface area contributed by atoms with Gasteiger partial charge in [-0.15, -0.1) is 0 Å². The summed E-state index contributed by atoms with van der Waals surface area (Å²) < 4.78 is 4.80. The van der Waals surface area contributed by atoms with Crippen molar-refractivity contribution in [3.05, 3.63) is 35.4 Å². The van der Waals surface area contributed by atoms with Crippen LogP contribution in [0.25, 0.3) is 0 Å². The molecule has 0 bridgehead atoms. The van der Waals surface area contributed by atoms with Crippen LogP contribution in [-0.4, -0.2) is 62.3 Å². The first-order valence-electron chi connectivity index (χ1n) is 11.9. The molecule has 1 aromatic rings. The standard InChI is InChI=1S/C26H43N3O3/c1-8-9-10-11-12-19-28(5)24(27-4)25(30)29(6)23(18-13-20(2)3)21-14-16-22(17-15-21)26(31)32-7/h14-17,20,23H,8-13,18-19H2,1-7H3. The molecular formula is C26H43N3O3. The minimum atomic E-state index is -0.360. The normalized spacial score (nSPS) is 12.6. The molecule has 1 aromatic carbocycles. The first-order valence-corrected chi connectivity index (χ1v) is 11.9. The fourth-order valence-corrected chi connectivity index (χ4v) is 3.82. The second-order valence-electron chi connectivity index (χ2n) is 8.90. The second kappa shape index (κ2) is 14.6. The lowest BCUT2D eigenvalue weighted by Gasteiger charge is -2.32. The molecule has 0 aliphatic rings. The minimum absolute atomic E-state index is 0.0747. The van der Waals surface area contributed by atoms with Gasteiger partial charge >= 0.3 is 5.97 Å². The third-order valence-corrected chi connectivity index (χ3v) is 5.88. The van der Waals surface area contributed by atoms with Gasteiger partial charge in [0.1, 0.15) is 0 Å². The lowest BCUT2D eigenvalue weighted by Crippen LogP contribution is -2.44. The average molecular weight is 446 g/mol. The average Bonchev–Trinajstić information content (AvgIpc) is 2.79. The molecule has 0 fully saturated rings. The Bertz CT molecular complexity index is 728. The van der Waals surface area contributed by atoms with Crippen molar-refractivity contribution in [2.75, 3.05) is 34.8 Å². The summed E-state index contributed by atoms with van der Waals surface area (Å²) in [5.41, 5.74) is 1.51. The molecule has 0 spiro atoms. The number of likely N-dealkylation sites (N-methyl/N-ethyl adjacent to an activating group) is 2. The van der Waals surface area contributed by atoms with E-state index in [1.54, 1.807) is 24.1 Å². The number of carbonyl (C=O) groups is 2. The number of carbonyl (C=O) groups excluding carboxylic acids is 2. The summed E-state index contributed by atoms with van der Waals surface area (Å²) in [4.78, 5) is 33.3. The maximum atomic E-state index is 13.4. The Balaban J connectivity index is 2.98. The van der Waals surface area contributed by atoms with E-state index in [-0.39, 0.29) is 17.9 Å². The van der Waals surface area contributed by atoms with Gasteiger partial charge in [-0.25, -0.2) is 4.79 Å². The number of rotatable bonds is 12. The van der Waals surface area contributed by atoms with Crippen LogP contribution >= 0.6 is 0 Å². The third kappa shape index (κ3) is 8.64. The largest absolute Gasteiger partial charge is 0.465 e. The molecule has 0 heterocycles. The lowest BCUT2D eigenvalue weighted by molar-refractivity contribution is -0.125. The highest BCUT2D eigenvalue weighted by atomic mass is 16.5. The summed E-state index contributed by atoms with van der Waals surface area (Å²) >= 11 is 0. The van der Waals surface area contributed by atoms with Gasteiger partial charge < -0.3 is 14.5 Å². The van der Waals surface area contributed by atoms with Crippen LogP contribution in [0.1, 0.15) is 87.7 Å². The van der Waals surface area contributed by atoms with Crippen molar-refractivity contribution in [1.29, 1.82) is 0 Å². The Morgan fingerprint density at radius 2 is 1.62 bits per heavy atom. The van der Waals surface area contributed by atoms with E-state index in [9.17, 15) is 9.59 Å². The van der Waals surface area contributed by atoms with Crippen LogP contribution in [0.4, 0.5) is 0 Å². The summed E-state index contributed by atoms with van der Waals surface area (Å²) in [6, 6.07) is 7.27. The SMILES string of the molecule is CCCCCCCN(C)C(=NC)C(=O)N(C)C(CCC(C)C)c1ccc(C(=O)OC)cc1. The molecule has 0 aliphatic carbocycles. The van der Waals surface area contributed by atoms with Crippen LogP contribution in [0.15, 0.2) is 29.3 Å². The van der Waals surface area contributed by atoms with Crippen LogP contribution in [-0.2, 0) is 9.53 Å². The van der Waals surface area contributed by atoms with Gasteiger partial charge in [0.2, 0.25) is 0 Å². The molecule has 6 nitrogen and oxygen atoms in total. The fourth-order valence-electron chi connectivity index (χ4n) is 3.82. The molecule has 0 aliphatic heterocycles. The molecule has 1 atom stereocenters. The van der Waals surface area contributed by atoms with E-state index in [0.717, 1.165) is 31.4 Å². The molecule has 0 saturated heterocycles. The fraction of sp³-hybridized carbons (Fsp3) is 0.654. The predicted octanol–water partition coefficient (Wildman–Crippen LogP) is 5.34. The van der Waals surface area contributed by atoms with Gasteiger partial charge in [-0.3, -0.25) is 9.79 Å². The Morgan fingerprint density at radius 3 is 2.16 bits per heavy atom. The van der Waals surface area contributed by atoms with Gasteiger partial charge in [0.25, 0.3) is 5.91 Å². The number of methoxy groups -OCH3 is 1. The molecule has 0 radical (unpaired) electrons. The molecular weight excluding hydrogens is 402 g/mol. The number of benzene rings is 1. The highest BCUT2D eigenvalue weighted by molar-refractivity contribution is 6.37. The van der Waals surface area contributed by atoms with E-state index in [1.165, 1.54) is 32.8 Å². The van der Waals surface area contributed by atoms with E-state index < -0.39 is 0 Å². The third-order valence-electron chi connectivity index (χ3n) is 5.88. The zero-order valence-corrected chi connectivity index (χ0v) is 21.2. The number of nitrogens with zero attached hydrogens (tertiary/aromatic N) is 3. The number of ether oxygens (including phenoxy) is 1. The van der Waals surface area contributed by atoms with Gasteiger partial charge in [-0.2, -0.15) is 0 Å². The number of aliphatic imine (C=N–C) groups is 1. The van der Waals surface area contributed by atoms with Crippen molar-refractivity contribution in [2.24, 2.45) is 10.9 Å². The highest BCUT2D eigenvalue weighted by Gasteiger charge is 2.27. The van der Waals surface area contributed by atoms with E-state index in [0.29, 0.717) is 17.3 Å². The first kappa shape index (κ1) is 27.7. The van der Waals surface area contributed by atoms with Gasteiger partial charge in [0, 0.05) is 27.7 Å². The Morgan fingerprint density at radius 1 is 1.00 bits per heavy atom. The van der Waals surface area contributed by atoms with Gasteiger partial charge in [0.15, 0.2) is 5.84 Å². The van der Waals surface area contributed by atoms with Crippen molar-refractivity contribution >= 4 is 17.7 Å². The Hall–Kier alpha value is -2.37. The quantitative estimate of drug-likeness (QED) is 0.189. The van der Waals surface area contributed by atoms with Gasteiger partial charge in [-0.05, 0) is 42.9 Å². The monoisotopic (exact) mass is 445 g/mol. The van der Waals surface area contributed by atoms with Crippen molar-refractivity contribution in [3.8, 4) is 0 Å². The van der Waals surface area contributed by atoms with Crippen molar-refractivity contribution in [3.63, 3.8) is 0 Å². The zero-order chi connectivity index (χ0) is 24.1. The molecule has 0 saturated carbocycles. The van der Waals surface area contributed by atoms with Gasteiger partial charge in [-0.1, -0.05) is 58.6 Å². The molecule has 6 heteroatoms. The van der Waals surface area contributed by atoms with Crippen LogP contribution in [0, 0.1) is 5.92 Å². The summed E-state index contributed by atoms with van der Waals surface area (Å²) in [7, 11) is 6.85. The maximum absolute atomic E-state index is 13.4. The molecule has 0 aromatic heterocycles. The van der Waals surface area contributed by atoms with Crippen LogP contribution < -0.4 is 0 Å². The van der Waals surface area contributed by atoms with Crippen molar-refractivity contribution < 1.29 is 14.3 Å². The summed E-state index contributed by atoms with van der Waals surface area (Å²) in [6.07, 6.45) is 7.77. The number of amidine groups is 1. The van der Waals surface area contributed by atoms with Crippen molar-refractivity contribution in [2.45, 2.75) is 71.8 Å². The molecule has 32 heavy (non-hydrogen) atoms. The number of amides is 1. The maximum Gasteiger partial charge on any atom is 0.337 e. The molecule has 1 amide bonds. The first-order chi connectivity index (χ1) is 15.3. The topological polar surface area (TPSA) is 62.2 Å². The van der Waals surface area contributed by atoms with Crippen molar-refractivity contribution in [1.82, 2.24) is 9.80 Å². The predicted molar refractivity (Wildman–Crippen MR) is 132 cm³/mol. The number of hydrogen-bond donors (Lipinski definition) is 0. The molecule has 1 unspecified atom stereocenters. The summed E-state index contributed by atoms with van der Waals surface area (Å²) in [6.45, 7) is 7.40. The van der Waals surface area contributed by atoms with Crippen LogP contribution in [0.3, 0.4) is 0 Å². The van der Waals surface area contributed by atoms with E-state index in [1.807, 2.05) is 31.1 Å². The zero-order valence-electron chi connectivity index (χ0n) is 21.2. The Kier molecular flexibility index (Phi) is 12.7. The minimum Gasteiger partial charge on any atom is -0.465 e. The van der Waals surface area contributed by atoms with E-state index >= 15 is 0 Å². The van der Waals surface area contributed by atoms with Gasteiger partial charge in [0.05, 0.1) is 18.7 Å². The summed E-state index contributed by atoms with van der Waals surface area (Å²) in [5.74, 6) is 0.583. The van der Waals surface area contributed by atoms with E-state index in [2.05, 4.69) is 25.8 Å². The number of hydrogen-bond acceptors (Lipinski definition) is 4.